The average molecular weight is 563 g/mol. The fourth-order valence-corrected chi connectivity index (χ4v) is 7.35. The van der Waals surface area contributed by atoms with Crippen LogP contribution in [0.1, 0.15) is 41.2 Å². The van der Waals surface area contributed by atoms with Crippen molar-refractivity contribution in [3.05, 3.63) is 64.4 Å². The van der Waals surface area contributed by atoms with Gasteiger partial charge in [-0.05, 0) is 68.4 Å². The van der Waals surface area contributed by atoms with Crippen LogP contribution in [0.2, 0.25) is 0 Å². The molecular formula is C31H34N2O8. The zero-order valence-corrected chi connectivity index (χ0v) is 23.8. The van der Waals surface area contributed by atoms with Gasteiger partial charge in [-0.3, -0.25) is 9.59 Å². The SMILES string of the molecule is COC(=O)[C@H]1C(c2ccc(OC)cc2)=NO[C@@H]1c1cc(OC)c(O)c2c1C[C@H]1C3C=C(OC)C(=O)C[C@@]23CCN1C. The smallest absolute Gasteiger partial charge is 0.319 e. The number of phenolic OH excluding ortho intramolecular Hbond substituents is 1. The highest BCUT2D eigenvalue weighted by atomic mass is 16.6. The maximum atomic E-state index is 13.3. The Balaban J connectivity index is 1.53. The number of benzene rings is 2. The van der Waals surface area contributed by atoms with Gasteiger partial charge < -0.3 is 33.8 Å². The number of hydrogen-bond acceptors (Lipinski definition) is 10. The van der Waals surface area contributed by atoms with Crippen LogP contribution < -0.4 is 9.47 Å². The van der Waals surface area contributed by atoms with Crippen molar-refractivity contribution in [3.8, 4) is 17.2 Å². The number of hydrogen-bond donors (Lipinski definition) is 1. The maximum absolute atomic E-state index is 13.3. The number of methoxy groups -OCH3 is 4. The molecule has 2 aliphatic carbocycles. The minimum Gasteiger partial charge on any atom is -0.504 e. The van der Waals surface area contributed by atoms with Crippen molar-refractivity contribution in [2.24, 2.45) is 17.0 Å². The monoisotopic (exact) mass is 562 g/mol. The van der Waals surface area contributed by atoms with Crippen molar-refractivity contribution < 1.29 is 38.5 Å². The number of ketones is 1. The lowest BCUT2D eigenvalue weighted by molar-refractivity contribution is -0.146. The van der Waals surface area contributed by atoms with Crippen LogP contribution in [-0.2, 0) is 35.7 Å². The number of rotatable bonds is 6. The number of ether oxygens (including phenoxy) is 4. The first-order chi connectivity index (χ1) is 19.8. The quantitative estimate of drug-likeness (QED) is 0.530. The second-order valence-electron chi connectivity index (χ2n) is 11.1. The number of likely N-dealkylation sites (tertiary alicyclic amines) is 1. The fourth-order valence-electron chi connectivity index (χ4n) is 7.35. The molecule has 1 fully saturated rings. The average Bonchev–Trinajstić information content (AvgIpc) is 3.43. The molecule has 10 nitrogen and oxygen atoms in total. The van der Waals surface area contributed by atoms with Gasteiger partial charge in [0.15, 0.2) is 29.1 Å². The van der Waals surface area contributed by atoms with Gasteiger partial charge in [-0.1, -0.05) is 5.16 Å². The summed E-state index contributed by atoms with van der Waals surface area (Å²) in [5.41, 5.74) is 2.71. The molecule has 2 aromatic rings. The third-order valence-corrected chi connectivity index (χ3v) is 9.38. The topological polar surface area (TPSA) is 116 Å². The summed E-state index contributed by atoms with van der Waals surface area (Å²) in [6.45, 7) is 0.769. The summed E-state index contributed by atoms with van der Waals surface area (Å²) in [6.07, 6.45) is 2.54. The van der Waals surface area contributed by atoms with Gasteiger partial charge >= 0.3 is 5.97 Å². The van der Waals surface area contributed by atoms with Gasteiger partial charge in [0.05, 0.1) is 28.4 Å². The zero-order valence-electron chi connectivity index (χ0n) is 23.8. The summed E-state index contributed by atoms with van der Waals surface area (Å²) in [6, 6.07) is 9.01. The molecule has 2 heterocycles. The van der Waals surface area contributed by atoms with Gasteiger partial charge in [-0.2, -0.15) is 0 Å². The minimum absolute atomic E-state index is 0.0187. The van der Waals surface area contributed by atoms with E-state index in [4.69, 9.17) is 23.8 Å². The highest BCUT2D eigenvalue weighted by Crippen LogP contribution is 2.59. The van der Waals surface area contributed by atoms with Gasteiger partial charge in [-0.15, -0.1) is 0 Å². The Morgan fingerprint density at radius 2 is 1.88 bits per heavy atom. The van der Waals surface area contributed by atoms with E-state index < -0.39 is 23.4 Å². The number of esters is 1. The predicted molar refractivity (Wildman–Crippen MR) is 148 cm³/mol. The van der Waals surface area contributed by atoms with E-state index in [1.807, 2.05) is 18.2 Å². The van der Waals surface area contributed by atoms with E-state index in [2.05, 4.69) is 17.1 Å². The molecule has 4 aliphatic rings. The van der Waals surface area contributed by atoms with Crippen LogP contribution in [0.4, 0.5) is 0 Å². The van der Waals surface area contributed by atoms with Gasteiger partial charge in [-0.25, -0.2) is 0 Å². The molecule has 0 spiro atoms. The molecule has 2 bridgehead atoms. The van der Waals surface area contributed by atoms with Gasteiger partial charge in [0.25, 0.3) is 0 Å². The minimum atomic E-state index is -0.868. The second kappa shape index (κ2) is 10.1. The highest BCUT2D eigenvalue weighted by molar-refractivity contribution is 6.13. The standard InChI is InChI=1S/C31H34N2O8/c1-33-11-10-31-15-22(34)23(38-3)14-20(31)21(33)12-18-19(13-24(39-4)28(35)26(18)31)29-25(30(36)40-5)27(32-41-29)16-6-8-17(37-2)9-7-16/h6-9,13-14,20-21,25,29,35H,10-12,15H2,1-5H3/t20?,21-,25-,29+,31+/m0/s1. The van der Waals surface area contributed by atoms with Gasteiger partial charge in [0, 0.05) is 40.5 Å². The number of carbonyl (C=O) groups is 2. The van der Waals surface area contributed by atoms with Crippen LogP contribution >= 0.6 is 0 Å². The lowest BCUT2D eigenvalue weighted by Crippen LogP contribution is -2.60. The molecule has 2 aliphatic heterocycles. The Labute approximate surface area is 238 Å². The largest absolute Gasteiger partial charge is 0.504 e. The van der Waals surface area contributed by atoms with E-state index in [9.17, 15) is 14.7 Å². The Morgan fingerprint density at radius 1 is 1.12 bits per heavy atom. The molecule has 0 radical (unpaired) electrons. The molecule has 1 N–H and O–H groups in total. The number of nitrogens with zero attached hydrogens (tertiary/aromatic N) is 2. The Kier molecular flexibility index (Phi) is 6.68. The molecule has 1 saturated heterocycles. The van der Waals surface area contributed by atoms with Crippen LogP contribution in [0.15, 0.2) is 47.3 Å². The Morgan fingerprint density at radius 3 is 2.54 bits per heavy atom. The van der Waals surface area contributed by atoms with E-state index in [0.29, 0.717) is 46.8 Å². The van der Waals surface area contributed by atoms with Crippen molar-refractivity contribution in [2.45, 2.75) is 36.8 Å². The number of fused-ring (bicyclic) bond motifs is 1. The third kappa shape index (κ3) is 3.99. The molecule has 10 heteroatoms. The van der Waals surface area contributed by atoms with E-state index >= 15 is 0 Å². The molecule has 1 unspecified atom stereocenters. The van der Waals surface area contributed by atoms with Crippen LogP contribution in [0.5, 0.6) is 17.2 Å². The fraction of sp³-hybridized carbons (Fsp3) is 0.452. The van der Waals surface area contributed by atoms with Crippen molar-refractivity contribution in [1.29, 1.82) is 0 Å². The zero-order chi connectivity index (χ0) is 29.1. The van der Waals surface area contributed by atoms with Crippen molar-refractivity contribution >= 4 is 17.5 Å². The van der Waals surface area contributed by atoms with Crippen molar-refractivity contribution in [2.75, 3.05) is 42.0 Å². The van der Waals surface area contributed by atoms with E-state index in [1.54, 1.807) is 25.3 Å². The number of Topliss-reactive ketones (excluding diaryl/α,β-unsaturated/α-hetero) is 1. The lowest BCUT2D eigenvalue weighted by Gasteiger charge is -2.57. The van der Waals surface area contributed by atoms with Crippen LogP contribution in [0, 0.1) is 11.8 Å². The van der Waals surface area contributed by atoms with Gasteiger partial charge in [0.1, 0.15) is 17.4 Å². The molecule has 41 heavy (non-hydrogen) atoms. The normalized spacial score (nSPS) is 28.5. The molecular weight excluding hydrogens is 528 g/mol. The second-order valence-corrected chi connectivity index (χ2v) is 11.1. The molecule has 0 aromatic heterocycles. The highest BCUT2D eigenvalue weighted by Gasteiger charge is 2.58. The maximum Gasteiger partial charge on any atom is 0.319 e. The van der Waals surface area contributed by atoms with Crippen LogP contribution in [0.3, 0.4) is 0 Å². The first-order valence-corrected chi connectivity index (χ1v) is 13.7. The van der Waals surface area contributed by atoms with E-state index in [1.165, 1.54) is 21.3 Å². The Hall–Kier alpha value is -4.05. The molecule has 2 aromatic carbocycles. The van der Waals surface area contributed by atoms with Gasteiger partial charge in [0.2, 0.25) is 0 Å². The molecule has 5 atom stereocenters. The van der Waals surface area contributed by atoms with Crippen molar-refractivity contribution in [3.63, 3.8) is 0 Å². The first-order valence-electron chi connectivity index (χ1n) is 13.7. The predicted octanol–water partition coefficient (Wildman–Crippen LogP) is 3.29. The summed E-state index contributed by atoms with van der Waals surface area (Å²) in [5.74, 6) is -0.209. The van der Waals surface area contributed by atoms with Crippen LogP contribution in [-0.4, -0.2) is 75.5 Å². The number of carbonyl (C=O) groups excluding carboxylic acids is 2. The lowest BCUT2D eigenvalue weighted by atomic mass is 9.53. The summed E-state index contributed by atoms with van der Waals surface area (Å²) >= 11 is 0. The molecule has 0 amide bonds. The number of likely N-dealkylation sites (N-methyl/N-ethyl adjacent to an activating group) is 1. The number of allylic oxidation sites excluding steroid dienone is 1. The molecule has 6 rings (SSSR count). The van der Waals surface area contributed by atoms with Crippen molar-refractivity contribution in [1.82, 2.24) is 4.90 Å². The third-order valence-electron chi connectivity index (χ3n) is 9.38. The number of phenols is 1. The summed E-state index contributed by atoms with van der Waals surface area (Å²) in [7, 11) is 8.01. The summed E-state index contributed by atoms with van der Waals surface area (Å²) < 4.78 is 21.6. The molecule has 0 saturated carbocycles. The first kappa shape index (κ1) is 27.1. The van der Waals surface area contributed by atoms with E-state index in [-0.39, 0.29) is 35.7 Å². The number of piperidine rings is 1. The summed E-state index contributed by atoms with van der Waals surface area (Å²) in [4.78, 5) is 34.9. The summed E-state index contributed by atoms with van der Waals surface area (Å²) in [5, 5.41) is 16.0. The number of oxime groups is 1. The van der Waals surface area contributed by atoms with Crippen LogP contribution in [0.25, 0.3) is 0 Å². The molecule has 216 valence electrons. The van der Waals surface area contributed by atoms with E-state index in [0.717, 1.165) is 12.1 Å². The number of aromatic hydroxyl groups is 1. The Bertz CT molecular complexity index is 1470.